The third-order valence-corrected chi connectivity index (χ3v) is 3.62. The molecule has 2 N–H and O–H groups in total. The number of hydrogen-bond acceptors (Lipinski definition) is 7. The van der Waals surface area contributed by atoms with E-state index in [0.717, 1.165) is 6.07 Å². The summed E-state index contributed by atoms with van der Waals surface area (Å²) in [5.74, 6) is -1.12. The normalized spacial score (nSPS) is 11.7. The number of ether oxygens (including phenoxy) is 2. The number of hydrazone groups is 1. The molecule has 2 aromatic carbocycles. The van der Waals surface area contributed by atoms with Crippen molar-refractivity contribution in [1.29, 1.82) is 0 Å². The lowest BCUT2D eigenvalue weighted by atomic mass is 10.2. The Hall–Kier alpha value is -3.95. The number of nitrogens with one attached hydrogen (secondary N) is 1. The van der Waals surface area contributed by atoms with E-state index in [1.165, 1.54) is 37.4 Å². The lowest BCUT2D eigenvalue weighted by molar-refractivity contribution is -0.384. The number of amides is 1. The molecule has 0 saturated carbocycles. The fraction of sp³-hybridized carbons (Fsp3) is 0.211. The van der Waals surface area contributed by atoms with Gasteiger partial charge in [0.1, 0.15) is 0 Å². The van der Waals surface area contributed by atoms with Crippen molar-refractivity contribution in [1.82, 2.24) is 5.43 Å². The van der Waals surface area contributed by atoms with Crippen LogP contribution >= 0.6 is 0 Å². The predicted molar refractivity (Wildman–Crippen MR) is 103 cm³/mol. The lowest BCUT2D eigenvalue weighted by Gasteiger charge is -2.15. The zero-order valence-corrected chi connectivity index (χ0v) is 15.7. The van der Waals surface area contributed by atoms with Gasteiger partial charge in [-0.05, 0) is 43.7 Å². The first-order valence-electron chi connectivity index (χ1n) is 8.56. The minimum absolute atomic E-state index is 0.0951. The van der Waals surface area contributed by atoms with E-state index in [4.69, 9.17) is 14.6 Å². The average molecular weight is 401 g/mol. The van der Waals surface area contributed by atoms with E-state index >= 15 is 0 Å². The maximum absolute atomic E-state index is 12.1. The van der Waals surface area contributed by atoms with Gasteiger partial charge in [0.05, 0.1) is 17.7 Å². The molecule has 10 heteroatoms. The third kappa shape index (κ3) is 6.03. The molecular weight excluding hydrogens is 382 g/mol. The summed E-state index contributed by atoms with van der Waals surface area (Å²) in [4.78, 5) is 33.2. The van der Waals surface area contributed by atoms with Gasteiger partial charge in [0.2, 0.25) is 0 Å². The Morgan fingerprint density at radius 2 is 2.03 bits per heavy atom. The van der Waals surface area contributed by atoms with Gasteiger partial charge in [0, 0.05) is 17.7 Å². The molecule has 2 rings (SSSR count). The smallest absolute Gasteiger partial charge is 0.344 e. The van der Waals surface area contributed by atoms with Crippen molar-refractivity contribution in [2.45, 2.75) is 20.0 Å². The summed E-state index contributed by atoms with van der Waals surface area (Å²) >= 11 is 0. The van der Waals surface area contributed by atoms with E-state index in [2.05, 4.69) is 10.5 Å². The highest BCUT2D eigenvalue weighted by atomic mass is 16.6. The number of hydrogen-bond donors (Lipinski definition) is 2. The molecule has 0 fully saturated rings. The minimum Gasteiger partial charge on any atom is -0.490 e. The van der Waals surface area contributed by atoms with E-state index in [9.17, 15) is 19.7 Å². The predicted octanol–water partition coefficient (Wildman–Crippen LogP) is 2.61. The van der Waals surface area contributed by atoms with Crippen LogP contribution < -0.4 is 14.9 Å². The first kappa shape index (κ1) is 21.4. The molecule has 10 nitrogen and oxygen atoms in total. The van der Waals surface area contributed by atoms with Crippen molar-refractivity contribution in [3.8, 4) is 11.5 Å². The van der Waals surface area contributed by atoms with Gasteiger partial charge in [-0.1, -0.05) is 6.07 Å². The number of benzene rings is 2. The number of non-ortho nitro benzene ring substituents is 1. The summed E-state index contributed by atoms with van der Waals surface area (Å²) in [6.45, 7) is 3.50. The van der Waals surface area contributed by atoms with Gasteiger partial charge in [-0.2, -0.15) is 5.10 Å². The van der Waals surface area contributed by atoms with Crippen molar-refractivity contribution >= 4 is 23.8 Å². The number of carbonyl (C=O) groups excluding carboxylic acids is 1. The van der Waals surface area contributed by atoms with Crippen LogP contribution in [-0.2, 0) is 4.79 Å². The molecule has 0 aliphatic heterocycles. The third-order valence-electron chi connectivity index (χ3n) is 3.62. The van der Waals surface area contributed by atoms with Crippen LogP contribution in [0, 0.1) is 10.1 Å². The van der Waals surface area contributed by atoms with E-state index in [-0.39, 0.29) is 17.0 Å². The molecule has 0 bridgehead atoms. The summed E-state index contributed by atoms with van der Waals surface area (Å²) in [6, 6.07) is 9.99. The zero-order chi connectivity index (χ0) is 21.4. The van der Waals surface area contributed by atoms with E-state index in [0.29, 0.717) is 17.9 Å². The van der Waals surface area contributed by atoms with Crippen molar-refractivity contribution in [2.75, 3.05) is 6.61 Å². The molecule has 0 aromatic heterocycles. The summed E-state index contributed by atoms with van der Waals surface area (Å²) in [5.41, 5.74) is 2.74. The number of nitro benzene ring substituents is 1. The molecule has 1 unspecified atom stereocenters. The second kappa shape index (κ2) is 9.83. The Morgan fingerprint density at radius 1 is 1.28 bits per heavy atom. The van der Waals surface area contributed by atoms with Gasteiger partial charge < -0.3 is 14.6 Å². The molecular formula is C19H19N3O7. The van der Waals surface area contributed by atoms with Gasteiger partial charge in [0.15, 0.2) is 17.6 Å². The molecule has 0 aliphatic rings. The van der Waals surface area contributed by atoms with Crippen LogP contribution in [-0.4, -0.2) is 40.8 Å². The summed E-state index contributed by atoms with van der Waals surface area (Å²) in [6.07, 6.45) is 0.297. The SMILES string of the molecule is CCOc1cc(C=NNC(=O)c2cccc([N+](=O)[O-])c2)ccc1OC(C)C(=O)O. The maximum atomic E-state index is 12.1. The van der Waals surface area contributed by atoms with Gasteiger partial charge in [0.25, 0.3) is 11.6 Å². The van der Waals surface area contributed by atoms with Crippen molar-refractivity contribution < 1.29 is 29.1 Å². The maximum Gasteiger partial charge on any atom is 0.344 e. The number of nitro groups is 1. The van der Waals surface area contributed by atoms with Gasteiger partial charge >= 0.3 is 5.97 Å². The molecule has 0 heterocycles. The Labute approximate surface area is 165 Å². The second-order valence-corrected chi connectivity index (χ2v) is 5.74. The topological polar surface area (TPSA) is 140 Å². The lowest BCUT2D eigenvalue weighted by Crippen LogP contribution is -2.23. The summed E-state index contributed by atoms with van der Waals surface area (Å²) in [5, 5.41) is 23.6. The fourth-order valence-corrected chi connectivity index (χ4v) is 2.20. The van der Waals surface area contributed by atoms with E-state index in [1.807, 2.05) is 0 Å². The highest BCUT2D eigenvalue weighted by Gasteiger charge is 2.16. The quantitative estimate of drug-likeness (QED) is 0.374. The number of carboxylic acids is 1. The first-order chi connectivity index (χ1) is 13.8. The monoisotopic (exact) mass is 401 g/mol. The molecule has 0 saturated heterocycles. The van der Waals surface area contributed by atoms with Crippen LogP contribution in [0.15, 0.2) is 47.6 Å². The standard InChI is InChI=1S/C19H19N3O7/c1-3-28-17-9-13(7-8-16(17)29-12(2)19(24)25)11-20-21-18(23)14-5-4-6-15(10-14)22(26)27/h4-12H,3H2,1-2H3,(H,21,23)(H,24,25). The number of carbonyl (C=O) groups is 2. The van der Waals surface area contributed by atoms with Gasteiger partial charge in [-0.3, -0.25) is 14.9 Å². The van der Waals surface area contributed by atoms with Crippen LogP contribution in [0.4, 0.5) is 5.69 Å². The molecule has 29 heavy (non-hydrogen) atoms. The summed E-state index contributed by atoms with van der Waals surface area (Å²) < 4.78 is 10.8. The Morgan fingerprint density at radius 3 is 2.69 bits per heavy atom. The average Bonchev–Trinajstić information content (AvgIpc) is 2.69. The second-order valence-electron chi connectivity index (χ2n) is 5.74. The van der Waals surface area contributed by atoms with Gasteiger partial charge in [-0.15, -0.1) is 0 Å². The molecule has 0 aliphatic carbocycles. The molecule has 1 amide bonds. The van der Waals surface area contributed by atoms with Crippen LogP contribution in [0.5, 0.6) is 11.5 Å². The van der Waals surface area contributed by atoms with Crippen molar-refractivity contribution in [3.05, 3.63) is 63.7 Å². The highest BCUT2D eigenvalue weighted by molar-refractivity contribution is 5.95. The highest BCUT2D eigenvalue weighted by Crippen LogP contribution is 2.29. The Bertz CT molecular complexity index is 943. The number of nitrogens with zero attached hydrogens (tertiary/aromatic N) is 2. The van der Waals surface area contributed by atoms with Crippen LogP contribution in [0.2, 0.25) is 0 Å². The number of aliphatic carboxylic acids is 1. The van der Waals surface area contributed by atoms with E-state index in [1.54, 1.807) is 19.1 Å². The molecule has 152 valence electrons. The minimum atomic E-state index is -1.11. The molecule has 1 atom stereocenters. The van der Waals surface area contributed by atoms with Gasteiger partial charge in [-0.25, -0.2) is 10.2 Å². The number of carboxylic acid groups (broad SMARTS) is 1. The van der Waals surface area contributed by atoms with Crippen LogP contribution in [0.1, 0.15) is 29.8 Å². The Balaban J connectivity index is 2.10. The van der Waals surface area contributed by atoms with E-state index < -0.39 is 22.9 Å². The van der Waals surface area contributed by atoms with Crippen molar-refractivity contribution in [3.63, 3.8) is 0 Å². The zero-order valence-electron chi connectivity index (χ0n) is 15.7. The summed E-state index contributed by atoms with van der Waals surface area (Å²) in [7, 11) is 0. The molecule has 0 radical (unpaired) electrons. The Kier molecular flexibility index (Phi) is 7.24. The van der Waals surface area contributed by atoms with Crippen LogP contribution in [0.25, 0.3) is 0 Å². The fourth-order valence-electron chi connectivity index (χ4n) is 2.20. The molecule has 0 spiro atoms. The largest absolute Gasteiger partial charge is 0.490 e. The van der Waals surface area contributed by atoms with Crippen molar-refractivity contribution in [2.24, 2.45) is 5.10 Å². The first-order valence-corrected chi connectivity index (χ1v) is 8.56. The molecule has 2 aromatic rings. The number of rotatable bonds is 9. The van der Waals surface area contributed by atoms with Crippen LogP contribution in [0.3, 0.4) is 0 Å².